The number of carbonyl (C=O) groups is 2. The quantitative estimate of drug-likeness (QED) is 0.918. The normalized spacial score (nSPS) is 10.3. The van der Waals surface area contributed by atoms with Crippen LogP contribution in [-0.4, -0.2) is 28.4 Å². The van der Waals surface area contributed by atoms with Crippen LogP contribution in [0.25, 0.3) is 0 Å². The van der Waals surface area contributed by atoms with E-state index in [2.05, 4.69) is 4.37 Å². The minimum Gasteiger partial charge on any atom is -0.478 e. The number of aromatic nitrogens is 1. The standard InChI is InChI=1S/C11H10N2O4S/c1-6-8(11(15)16)10(18-12-6)13(2)9(14)7-3-4-17-5-7/h3-5H,1-2H3,(H,15,16). The molecule has 0 bridgehead atoms. The van der Waals surface area contributed by atoms with Gasteiger partial charge in [0.25, 0.3) is 5.91 Å². The molecule has 94 valence electrons. The van der Waals surface area contributed by atoms with Gasteiger partial charge in [0.05, 0.1) is 17.5 Å². The number of aryl methyl sites for hydroxylation is 1. The third-order valence-electron chi connectivity index (χ3n) is 2.44. The van der Waals surface area contributed by atoms with Gasteiger partial charge in [-0.2, -0.15) is 4.37 Å². The Morgan fingerprint density at radius 2 is 2.22 bits per heavy atom. The van der Waals surface area contributed by atoms with Gasteiger partial charge in [-0.05, 0) is 24.5 Å². The fraction of sp³-hybridized carbons (Fsp3) is 0.182. The number of rotatable bonds is 3. The van der Waals surface area contributed by atoms with Gasteiger partial charge in [-0.1, -0.05) is 0 Å². The zero-order valence-electron chi connectivity index (χ0n) is 9.71. The smallest absolute Gasteiger partial charge is 0.340 e. The van der Waals surface area contributed by atoms with Crippen LogP contribution in [0, 0.1) is 6.92 Å². The highest BCUT2D eigenvalue weighted by Gasteiger charge is 2.24. The number of anilines is 1. The molecule has 2 aromatic heterocycles. The fourth-order valence-electron chi connectivity index (χ4n) is 1.50. The summed E-state index contributed by atoms with van der Waals surface area (Å²) in [5, 5.41) is 9.42. The van der Waals surface area contributed by atoms with Gasteiger partial charge in [0.1, 0.15) is 16.8 Å². The predicted molar refractivity (Wildman–Crippen MR) is 65.3 cm³/mol. The lowest BCUT2D eigenvalue weighted by molar-refractivity contribution is 0.0697. The summed E-state index contributed by atoms with van der Waals surface area (Å²) in [6, 6.07) is 1.52. The summed E-state index contributed by atoms with van der Waals surface area (Å²) in [6.07, 6.45) is 2.70. The van der Waals surface area contributed by atoms with Gasteiger partial charge in [-0.3, -0.25) is 4.79 Å². The van der Waals surface area contributed by atoms with Crippen LogP contribution < -0.4 is 4.90 Å². The molecule has 0 radical (unpaired) electrons. The molecule has 1 N–H and O–H groups in total. The third kappa shape index (κ3) is 2.00. The molecule has 0 atom stereocenters. The summed E-state index contributed by atoms with van der Waals surface area (Å²) >= 11 is 0.982. The van der Waals surface area contributed by atoms with Crippen molar-refractivity contribution in [2.45, 2.75) is 6.92 Å². The Morgan fingerprint density at radius 3 is 2.78 bits per heavy atom. The number of hydrogen-bond donors (Lipinski definition) is 1. The zero-order valence-corrected chi connectivity index (χ0v) is 10.5. The Kier molecular flexibility index (Phi) is 3.15. The number of carbonyl (C=O) groups excluding carboxylic acids is 1. The number of carboxylic acids is 1. The molecule has 6 nitrogen and oxygen atoms in total. The van der Waals surface area contributed by atoms with Crippen LogP contribution in [-0.2, 0) is 0 Å². The van der Waals surface area contributed by atoms with E-state index in [0.29, 0.717) is 16.3 Å². The molecule has 0 unspecified atom stereocenters. The number of furan rings is 1. The van der Waals surface area contributed by atoms with Crippen LogP contribution in [0.15, 0.2) is 23.0 Å². The first-order valence-corrected chi connectivity index (χ1v) is 5.79. The third-order valence-corrected chi connectivity index (χ3v) is 3.45. The van der Waals surface area contributed by atoms with E-state index in [0.717, 1.165) is 11.5 Å². The molecule has 0 fully saturated rings. The molecule has 1 amide bonds. The SMILES string of the molecule is Cc1nsc(N(C)C(=O)c2ccoc2)c1C(=O)O. The van der Waals surface area contributed by atoms with Crippen LogP contribution in [0.2, 0.25) is 0 Å². The van der Waals surface area contributed by atoms with Crippen molar-refractivity contribution in [2.75, 3.05) is 11.9 Å². The largest absolute Gasteiger partial charge is 0.478 e. The van der Waals surface area contributed by atoms with E-state index in [4.69, 9.17) is 9.52 Å². The molecule has 0 aliphatic rings. The maximum Gasteiger partial charge on any atom is 0.340 e. The van der Waals surface area contributed by atoms with Crippen LogP contribution in [0.3, 0.4) is 0 Å². The van der Waals surface area contributed by atoms with Crippen molar-refractivity contribution in [3.63, 3.8) is 0 Å². The molecule has 7 heteroatoms. The lowest BCUT2D eigenvalue weighted by Gasteiger charge is -2.14. The molecular formula is C11H10N2O4S. The van der Waals surface area contributed by atoms with Crippen molar-refractivity contribution in [2.24, 2.45) is 0 Å². The Bertz CT molecular complexity index is 588. The average molecular weight is 266 g/mol. The minimum atomic E-state index is -1.09. The van der Waals surface area contributed by atoms with Crippen LogP contribution in [0.1, 0.15) is 26.4 Å². The first-order valence-electron chi connectivity index (χ1n) is 5.02. The van der Waals surface area contributed by atoms with Crippen molar-refractivity contribution in [3.8, 4) is 0 Å². The Balaban J connectivity index is 2.38. The van der Waals surface area contributed by atoms with Crippen LogP contribution in [0.5, 0.6) is 0 Å². The lowest BCUT2D eigenvalue weighted by Crippen LogP contribution is -2.26. The van der Waals surface area contributed by atoms with Gasteiger partial charge in [-0.15, -0.1) is 0 Å². The van der Waals surface area contributed by atoms with E-state index < -0.39 is 5.97 Å². The molecule has 2 rings (SSSR count). The Hall–Kier alpha value is -2.15. The molecule has 2 aromatic rings. The van der Waals surface area contributed by atoms with Gasteiger partial charge >= 0.3 is 5.97 Å². The molecule has 0 saturated carbocycles. The van der Waals surface area contributed by atoms with Gasteiger partial charge in [0.2, 0.25) is 0 Å². The topological polar surface area (TPSA) is 83.6 Å². The zero-order chi connectivity index (χ0) is 13.3. The van der Waals surface area contributed by atoms with Crippen molar-refractivity contribution < 1.29 is 19.1 Å². The number of carboxylic acid groups (broad SMARTS) is 1. The molecule has 0 saturated heterocycles. The fourth-order valence-corrected chi connectivity index (χ4v) is 2.35. The summed E-state index contributed by atoms with van der Waals surface area (Å²) in [5.74, 6) is -1.43. The van der Waals surface area contributed by atoms with Crippen LogP contribution in [0.4, 0.5) is 5.00 Å². The molecule has 2 heterocycles. The van der Waals surface area contributed by atoms with Crippen molar-refractivity contribution in [1.29, 1.82) is 0 Å². The maximum absolute atomic E-state index is 12.0. The van der Waals surface area contributed by atoms with Gasteiger partial charge in [0, 0.05) is 7.05 Å². The highest BCUT2D eigenvalue weighted by Crippen LogP contribution is 2.28. The monoisotopic (exact) mass is 266 g/mol. The molecular weight excluding hydrogens is 256 g/mol. The van der Waals surface area contributed by atoms with E-state index in [1.165, 1.54) is 30.5 Å². The highest BCUT2D eigenvalue weighted by molar-refractivity contribution is 7.11. The number of hydrogen-bond acceptors (Lipinski definition) is 5. The van der Waals surface area contributed by atoms with Crippen molar-refractivity contribution in [1.82, 2.24) is 4.37 Å². The number of amides is 1. The summed E-state index contributed by atoms with van der Waals surface area (Å²) in [7, 11) is 1.51. The second kappa shape index (κ2) is 4.61. The van der Waals surface area contributed by atoms with Gasteiger partial charge in [-0.25, -0.2) is 4.79 Å². The minimum absolute atomic E-state index is 0.0549. The molecule has 0 spiro atoms. The summed E-state index contributed by atoms with van der Waals surface area (Å²) in [5.41, 5.74) is 0.814. The van der Waals surface area contributed by atoms with E-state index in [1.807, 2.05) is 0 Å². The molecule has 0 aliphatic carbocycles. The van der Waals surface area contributed by atoms with Crippen molar-refractivity contribution in [3.05, 3.63) is 35.4 Å². The molecule has 0 aliphatic heterocycles. The second-order valence-corrected chi connectivity index (χ2v) is 4.38. The average Bonchev–Trinajstić information content (AvgIpc) is 2.95. The van der Waals surface area contributed by atoms with Crippen molar-refractivity contribution >= 4 is 28.4 Å². The Labute approximate surface area is 107 Å². The first-order chi connectivity index (χ1) is 8.52. The molecule has 0 aromatic carbocycles. The summed E-state index contributed by atoms with van der Waals surface area (Å²) in [4.78, 5) is 24.4. The summed E-state index contributed by atoms with van der Waals surface area (Å²) in [6.45, 7) is 1.60. The number of aromatic carboxylic acids is 1. The number of nitrogens with zero attached hydrogens (tertiary/aromatic N) is 2. The van der Waals surface area contributed by atoms with E-state index in [-0.39, 0.29) is 11.5 Å². The maximum atomic E-state index is 12.0. The second-order valence-electron chi connectivity index (χ2n) is 3.63. The van der Waals surface area contributed by atoms with E-state index in [1.54, 1.807) is 6.92 Å². The lowest BCUT2D eigenvalue weighted by atomic mass is 10.2. The Morgan fingerprint density at radius 1 is 1.50 bits per heavy atom. The van der Waals surface area contributed by atoms with Crippen LogP contribution >= 0.6 is 11.5 Å². The first kappa shape index (κ1) is 12.3. The van der Waals surface area contributed by atoms with E-state index >= 15 is 0 Å². The van der Waals surface area contributed by atoms with E-state index in [9.17, 15) is 9.59 Å². The van der Waals surface area contributed by atoms with Gasteiger partial charge in [0.15, 0.2) is 0 Å². The highest BCUT2D eigenvalue weighted by atomic mass is 32.1. The predicted octanol–water partition coefficient (Wildman–Crippen LogP) is 2.02. The molecule has 18 heavy (non-hydrogen) atoms. The van der Waals surface area contributed by atoms with Gasteiger partial charge < -0.3 is 14.4 Å². The summed E-state index contributed by atoms with van der Waals surface area (Å²) < 4.78 is 8.79.